The minimum atomic E-state index is -0.193. The van der Waals surface area contributed by atoms with Crippen molar-refractivity contribution >= 4 is 5.91 Å². The van der Waals surface area contributed by atoms with E-state index in [9.17, 15) is 9.90 Å². The molecule has 1 amide bonds. The molecule has 0 aliphatic heterocycles. The van der Waals surface area contributed by atoms with Crippen LogP contribution in [0.2, 0.25) is 0 Å². The molecule has 0 bridgehead atoms. The van der Waals surface area contributed by atoms with Crippen molar-refractivity contribution < 1.29 is 19.4 Å². The largest absolute Gasteiger partial charge is 0.508 e. The second-order valence-corrected chi connectivity index (χ2v) is 3.93. The molecule has 0 aliphatic carbocycles. The number of rotatable bonds is 7. The fourth-order valence-electron chi connectivity index (χ4n) is 1.47. The zero-order valence-corrected chi connectivity index (χ0v) is 10.7. The highest BCUT2D eigenvalue weighted by Crippen LogP contribution is 2.17. The SMILES string of the molecule is COCCOCC(=O)NC(C)c1cccc(O)c1. The van der Waals surface area contributed by atoms with Crippen LogP contribution in [0.4, 0.5) is 0 Å². The Labute approximate surface area is 107 Å². The van der Waals surface area contributed by atoms with E-state index in [4.69, 9.17) is 9.47 Å². The van der Waals surface area contributed by atoms with E-state index in [1.807, 2.05) is 13.0 Å². The number of benzene rings is 1. The summed E-state index contributed by atoms with van der Waals surface area (Å²) in [6.07, 6.45) is 0. The lowest BCUT2D eigenvalue weighted by atomic mass is 10.1. The lowest BCUT2D eigenvalue weighted by Crippen LogP contribution is -2.30. The van der Waals surface area contributed by atoms with Crippen molar-refractivity contribution in [3.63, 3.8) is 0 Å². The molecule has 0 fully saturated rings. The molecule has 1 atom stereocenters. The third-order valence-corrected chi connectivity index (χ3v) is 2.41. The van der Waals surface area contributed by atoms with Crippen LogP contribution in [-0.2, 0) is 14.3 Å². The van der Waals surface area contributed by atoms with Crippen molar-refractivity contribution in [2.45, 2.75) is 13.0 Å². The molecule has 0 heterocycles. The summed E-state index contributed by atoms with van der Waals surface area (Å²) in [7, 11) is 1.58. The maximum Gasteiger partial charge on any atom is 0.246 e. The molecular formula is C13H19NO4. The monoisotopic (exact) mass is 253 g/mol. The molecule has 1 unspecified atom stereocenters. The van der Waals surface area contributed by atoms with Gasteiger partial charge in [0, 0.05) is 7.11 Å². The van der Waals surface area contributed by atoms with Gasteiger partial charge in [0.1, 0.15) is 12.4 Å². The quantitative estimate of drug-likeness (QED) is 0.717. The van der Waals surface area contributed by atoms with Gasteiger partial charge in [-0.1, -0.05) is 12.1 Å². The van der Waals surface area contributed by atoms with Gasteiger partial charge in [0.05, 0.1) is 19.3 Å². The predicted octanol–water partition coefficient (Wildman–Crippen LogP) is 1.23. The Morgan fingerprint density at radius 2 is 2.22 bits per heavy atom. The summed E-state index contributed by atoms with van der Waals surface area (Å²) in [4.78, 5) is 11.5. The van der Waals surface area contributed by atoms with Crippen LogP contribution < -0.4 is 5.32 Å². The minimum absolute atomic E-state index is 0.00646. The summed E-state index contributed by atoms with van der Waals surface area (Å²) >= 11 is 0. The van der Waals surface area contributed by atoms with Gasteiger partial charge in [-0.2, -0.15) is 0 Å². The van der Waals surface area contributed by atoms with Crippen molar-refractivity contribution in [3.8, 4) is 5.75 Å². The maximum absolute atomic E-state index is 11.5. The first kappa shape index (κ1) is 14.5. The van der Waals surface area contributed by atoms with Crippen LogP contribution in [0, 0.1) is 0 Å². The number of ether oxygens (including phenoxy) is 2. The van der Waals surface area contributed by atoms with Crippen LogP contribution in [0.15, 0.2) is 24.3 Å². The van der Waals surface area contributed by atoms with Gasteiger partial charge in [-0.15, -0.1) is 0 Å². The van der Waals surface area contributed by atoms with Gasteiger partial charge < -0.3 is 19.9 Å². The van der Waals surface area contributed by atoms with E-state index in [0.29, 0.717) is 13.2 Å². The Morgan fingerprint density at radius 3 is 2.89 bits per heavy atom. The highest BCUT2D eigenvalue weighted by atomic mass is 16.5. The van der Waals surface area contributed by atoms with Crippen molar-refractivity contribution in [2.24, 2.45) is 0 Å². The number of hydrogen-bond donors (Lipinski definition) is 2. The van der Waals surface area contributed by atoms with E-state index in [-0.39, 0.29) is 24.3 Å². The molecule has 1 aromatic rings. The Bertz CT molecular complexity index is 381. The van der Waals surface area contributed by atoms with Gasteiger partial charge in [-0.05, 0) is 24.6 Å². The van der Waals surface area contributed by atoms with Gasteiger partial charge >= 0.3 is 0 Å². The molecule has 5 nitrogen and oxygen atoms in total. The highest BCUT2D eigenvalue weighted by Gasteiger charge is 2.09. The summed E-state index contributed by atoms with van der Waals surface area (Å²) in [5.41, 5.74) is 0.847. The number of phenols is 1. The topological polar surface area (TPSA) is 67.8 Å². The zero-order valence-electron chi connectivity index (χ0n) is 10.7. The molecule has 0 saturated carbocycles. The molecule has 0 aromatic heterocycles. The van der Waals surface area contributed by atoms with Crippen LogP contribution in [0.3, 0.4) is 0 Å². The second kappa shape index (κ2) is 7.68. The third kappa shape index (κ3) is 5.16. The number of carbonyl (C=O) groups excluding carboxylic acids is 1. The standard InChI is InChI=1S/C13H19NO4/c1-10(11-4-3-5-12(15)8-11)14-13(16)9-18-7-6-17-2/h3-5,8,10,15H,6-7,9H2,1-2H3,(H,14,16). The zero-order chi connectivity index (χ0) is 13.4. The van der Waals surface area contributed by atoms with Gasteiger partial charge in [-0.25, -0.2) is 0 Å². The van der Waals surface area contributed by atoms with E-state index in [1.165, 1.54) is 0 Å². The number of phenolic OH excluding ortho intramolecular Hbond substituents is 1. The number of methoxy groups -OCH3 is 1. The molecule has 0 spiro atoms. The van der Waals surface area contributed by atoms with Crippen molar-refractivity contribution in [3.05, 3.63) is 29.8 Å². The predicted molar refractivity (Wildman–Crippen MR) is 67.4 cm³/mol. The first-order chi connectivity index (χ1) is 8.63. The molecule has 1 aromatic carbocycles. The van der Waals surface area contributed by atoms with Crippen molar-refractivity contribution in [1.29, 1.82) is 0 Å². The minimum Gasteiger partial charge on any atom is -0.508 e. The van der Waals surface area contributed by atoms with Gasteiger partial charge in [-0.3, -0.25) is 4.79 Å². The molecule has 0 saturated heterocycles. The van der Waals surface area contributed by atoms with Gasteiger partial charge in [0.2, 0.25) is 5.91 Å². The van der Waals surface area contributed by atoms with Crippen LogP contribution in [-0.4, -0.2) is 37.9 Å². The third-order valence-electron chi connectivity index (χ3n) is 2.41. The molecule has 0 radical (unpaired) electrons. The number of hydrogen-bond acceptors (Lipinski definition) is 4. The Balaban J connectivity index is 2.35. The Kier molecular flexibility index (Phi) is 6.18. The fourth-order valence-corrected chi connectivity index (χ4v) is 1.47. The number of nitrogens with one attached hydrogen (secondary N) is 1. The van der Waals surface area contributed by atoms with Crippen LogP contribution >= 0.6 is 0 Å². The van der Waals surface area contributed by atoms with E-state index >= 15 is 0 Å². The van der Waals surface area contributed by atoms with Gasteiger partial charge in [0.25, 0.3) is 0 Å². The van der Waals surface area contributed by atoms with Crippen molar-refractivity contribution in [1.82, 2.24) is 5.32 Å². The van der Waals surface area contributed by atoms with Crippen LogP contribution in [0.5, 0.6) is 5.75 Å². The molecule has 18 heavy (non-hydrogen) atoms. The van der Waals surface area contributed by atoms with Crippen LogP contribution in [0.1, 0.15) is 18.5 Å². The normalized spacial score (nSPS) is 12.1. The van der Waals surface area contributed by atoms with E-state index < -0.39 is 0 Å². The molecular weight excluding hydrogens is 234 g/mol. The summed E-state index contributed by atoms with van der Waals surface area (Å²) < 4.78 is 9.91. The molecule has 1 rings (SSSR count). The molecule has 100 valence electrons. The highest BCUT2D eigenvalue weighted by molar-refractivity contribution is 5.77. The number of aromatic hydroxyl groups is 1. The molecule has 2 N–H and O–H groups in total. The van der Waals surface area contributed by atoms with E-state index in [2.05, 4.69) is 5.32 Å². The molecule has 0 aliphatic rings. The van der Waals surface area contributed by atoms with Crippen LogP contribution in [0.25, 0.3) is 0 Å². The smallest absolute Gasteiger partial charge is 0.246 e. The molecule has 5 heteroatoms. The van der Waals surface area contributed by atoms with E-state index in [1.54, 1.807) is 25.3 Å². The summed E-state index contributed by atoms with van der Waals surface area (Å²) in [5, 5.41) is 12.1. The summed E-state index contributed by atoms with van der Waals surface area (Å²) in [6.45, 7) is 2.72. The fraction of sp³-hybridized carbons (Fsp3) is 0.462. The van der Waals surface area contributed by atoms with Gasteiger partial charge in [0.15, 0.2) is 0 Å². The number of carbonyl (C=O) groups is 1. The first-order valence-corrected chi connectivity index (χ1v) is 5.78. The number of amides is 1. The maximum atomic E-state index is 11.5. The van der Waals surface area contributed by atoms with E-state index in [0.717, 1.165) is 5.56 Å². The lowest BCUT2D eigenvalue weighted by Gasteiger charge is -2.14. The Hall–Kier alpha value is -1.59. The summed E-state index contributed by atoms with van der Waals surface area (Å²) in [6, 6.07) is 6.62. The van der Waals surface area contributed by atoms with Crippen molar-refractivity contribution in [2.75, 3.05) is 26.9 Å². The summed E-state index contributed by atoms with van der Waals surface area (Å²) in [5.74, 6) is -0.00751. The average Bonchev–Trinajstić information content (AvgIpc) is 2.34. The second-order valence-electron chi connectivity index (χ2n) is 3.93. The first-order valence-electron chi connectivity index (χ1n) is 5.78. The average molecular weight is 253 g/mol. The lowest BCUT2D eigenvalue weighted by molar-refractivity contribution is -0.126. The Morgan fingerprint density at radius 1 is 1.44 bits per heavy atom.